The van der Waals surface area contributed by atoms with Gasteiger partial charge in [-0.25, -0.2) is 17.2 Å². The molecule has 1 aromatic rings. The third-order valence-electron chi connectivity index (χ3n) is 3.94. The van der Waals surface area contributed by atoms with E-state index in [-0.39, 0.29) is 15.8 Å². The van der Waals surface area contributed by atoms with Crippen LogP contribution in [0.1, 0.15) is 27.2 Å². The van der Waals surface area contributed by atoms with Crippen LogP contribution in [0.2, 0.25) is 0 Å². The highest BCUT2D eigenvalue weighted by Gasteiger charge is 2.39. The Balaban J connectivity index is 2.37. The number of sulfonamides is 1. The van der Waals surface area contributed by atoms with Crippen molar-refractivity contribution in [1.29, 1.82) is 0 Å². The summed E-state index contributed by atoms with van der Waals surface area (Å²) < 4.78 is 53.4. The second kappa shape index (κ2) is 5.59. The topological polar surface area (TPSA) is 37.4 Å². The van der Waals surface area contributed by atoms with Crippen LogP contribution >= 0.6 is 15.9 Å². The van der Waals surface area contributed by atoms with E-state index < -0.39 is 26.6 Å². The molecule has 1 aliphatic heterocycles. The van der Waals surface area contributed by atoms with Gasteiger partial charge in [0.1, 0.15) is 16.5 Å². The normalized spacial score (nSPS) is 21.0. The molecule has 0 radical (unpaired) electrons. The summed E-state index contributed by atoms with van der Waals surface area (Å²) in [5.41, 5.74) is -0.0111. The van der Waals surface area contributed by atoms with Gasteiger partial charge in [0.15, 0.2) is 0 Å². The molecule has 2 rings (SSSR count). The minimum absolute atomic E-state index is 0.0111. The molecule has 1 aromatic carbocycles. The Kier molecular flexibility index (Phi) is 4.48. The Morgan fingerprint density at radius 3 is 2.38 bits per heavy atom. The van der Waals surface area contributed by atoms with E-state index in [1.165, 1.54) is 4.31 Å². The number of hydrogen-bond donors (Lipinski definition) is 0. The summed E-state index contributed by atoms with van der Waals surface area (Å²) in [5.74, 6) is -1.66. The van der Waals surface area contributed by atoms with E-state index >= 15 is 0 Å². The number of halogens is 3. The molecule has 1 atom stereocenters. The van der Waals surface area contributed by atoms with Crippen molar-refractivity contribution in [3.05, 3.63) is 28.2 Å². The first-order chi connectivity index (χ1) is 9.53. The maximum atomic E-state index is 13.9. The molecule has 1 aliphatic rings. The third-order valence-corrected chi connectivity index (χ3v) is 6.77. The SMILES string of the molecule is CC(C)(C)C1CCN(S(=O)(=O)c2c(F)cc(F)cc2Br)C1. The zero-order valence-corrected chi connectivity index (χ0v) is 14.6. The van der Waals surface area contributed by atoms with E-state index in [2.05, 4.69) is 36.7 Å². The van der Waals surface area contributed by atoms with Gasteiger partial charge >= 0.3 is 0 Å². The van der Waals surface area contributed by atoms with Crippen LogP contribution in [-0.4, -0.2) is 25.8 Å². The van der Waals surface area contributed by atoms with E-state index in [0.717, 1.165) is 12.5 Å². The smallest absolute Gasteiger partial charge is 0.207 e. The average molecular weight is 382 g/mol. The molecule has 1 heterocycles. The maximum absolute atomic E-state index is 13.9. The van der Waals surface area contributed by atoms with Gasteiger partial charge in [-0.2, -0.15) is 4.31 Å². The molecular formula is C14H18BrF2NO2S. The fourth-order valence-electron chi connectivity index (χ4n) is 2.56. The van der Waals surface area contributed by atoms with Gasteiger partial charge < -0.3 is 0 Å². The maximum Gasteiger partial charge on any atom is 0.247 e. The van der Waals surface area contributed by atoms with Crippen LogP contribution in [0, 0.1) is 23.0 Å². The summed E-state index contributed by atoms with van der Waals surface area (Å²) in [6, 6.07) is 1.56. The number of nitrogens with zero attached hydrogens (tertiary/aromatic N) is 1. The van der Waals surface area contributed by atoms with Crippen molar-refractivity contribution in [3.8, 4) is 0 Å². The fraction of sp³-hybridized carbons (Fsp3) is 0.571. The molecule has 21 heavy (non-hydrogen) atoms. The van der Waals surface area contributed by atoms with Gasteiger partial charge in [0.25, 0.3) is 0 Å². The second-order valence-electron chi connectivity index (χ2n) is 6.41. The number of benzene rings is 1. The molecule has 0 bridgehead atoms. The third kappa shape index (κ3) is 3.29. The molecule has 0 spiro atoms. The highest BCUT2D eigenvalue weighted by molar-refractivity contribution is 9.10. The number of rotatable bonds is 2. The van der Waals surface area contributed by atoms with Crippen LogP contribution in [-0.2, 0) is 10.0 Å². The Morgan fingerprint density at radius 1 is 1.29 bits per heavy atom. The van der Waals surface area contributed by atoms with Crippen LogP contribution in [0.25, 0.3) is 0 Å². The molecule has 118 valence electrons. The summed E-state index contributed by atoms with van der Waals surface area (Å²) in [6.45, 7) is 6.88. The van der Waals surface area contributed by atoms with Gasteiger partial charge in [-0.15, -0.1) is 0 Å². The molecule has 0 aliphatic carbocycles. The van der Waals surface area contributed by atoms with E-state index in [0.29, 0.717) is 19.2 Å². The Morgan fingerprint density at radius 2 is 1.90 bits per heavy atom. The van der Waals surface area contributed by atoms with Crippen LogP contribution in [0.5, 0.6) is 0 Å². The van der Waals surface area contributed by atoms with Crippen molar-refractivity contribution in [1.82, 2.24) is 4.31 Å². The first-order valence-corrected chi connectivity index (χ1v) is 8.91. The molecule has 1 fully saturated rings. The monoisotopic (exact) mass is 381 g/mol. The zero-order valence-electron chi connectivity index (χ0n) is 12.2. The molecule has 7 heteroatoms. The van der Waals surface area contributed by atoms with Crippen molar-refractivity contribution < 1.29 is 17.2 Å². The van der Waals surface area contributed by atoms with Crippen LogP contribution in [0.3, 0.4) is 0 Å². The highest BCUT2D eigenvalue weighted by atomic mass is 79.9. The zero-order chi connectivity index (χ0) is 16.0. The lowest BCUT2D eigenvalue weighted by Crippen LogP contribution is -2.32. The first kappa shape index (κ1) is 16.8. The lowest BCUT2D eigenvalue weighted by molar-refractivity contribution is 0.251. The lowest BCUT2D eigenvalue weighted by Gasteiger charge is -2.27. The Hall–Kier alpha value is -0.530. The van der Waals surface area contributed by atoms with E-state index in [1.807, 2.05) is 0 Å². The van der Waals surface area contributed by atoms with Crippen molar-refractivity contribution in [2.45, 2.75) is 32.1 Å². The predicted octanol–water partition coefficient (Wildman–Crippen LogP) is 3.78. The van der Waals surface area contributed by atoms with E-state index in [4.69, 9.17) is 0 Å². The van der Waals surface area contributed by atoms with Crippen LogP contribution in [0.4, 0.5) is 8.78 Å². The number of hydrogen-bond acceptors (Lipinski definition) is 2. The second-order valence-corrected chi connectivity index (χ2v) is 9.14. The Labute approximate surface area is 132 Å². The summed E-state index contributed by atoms with van der Waals surface area (Å²) in [7, 11) is -3.97. The van der Waals surface area contributed by atoms with Gasteiger partial charge in [-0.3, -0.25) is 0 Å². The lowest BCUT2D eigenvalue weighted by atomic mass is 9.80. The fourth-order valence-corrected chi connectivity index (χ4v) is 5.17. The average Bonchev–Trinajstić information content (AvgIpc) is 2.75. The van der Waals surface area contributed by atoms with Crippen molar-refractivity contribution in [2.75, 3.05) is 13.1 Å². The van der Waals surface area contributed by atoms with Crippen molar-refractivity contribution in [2.24, 2.45) is 11.3 Å². The molecule has 1 saturated heterocycles. The molecule has 3 nitrogen and oxygen atoms in total. The molecule has 0 saturated carbocycles. The molecular weight excluding hydrogens is 364 g/mol. The first-order valence-electron chi connectivity index (χ1n) is 6.68. The quantitative estimate of drug-likeness (QED) is 0.781. The molecule has 0 N–H and O–H groups in total. The van der Waals surface area contributed by atoms with E-state index in [9.17, 15) is 17.2 Å². The molecule has 0 aromatic heterocycles. The summed E-state index contributed by atoms with van der Waals surface area (Å²) in [4.78, 5) is -0.488. The summed E-state index contributed by atoms with van der Waals surface area (Å²) in [6.07, 6.45) is 0.739. The minimum atomic E-state index is -3.97. The summed E-state index contributed by atoms with van der Waals surface area (Å²) >= 11 is 2.95. The highest BCUT2D eigenvalue weighted by Crippen LogP contribution is 2.37. The van der Waals surface area contributed by atoms with E-state index in [1.54, 1.807) is 0 Å². The summed E-state index contributed by atoms with van der Waals surface area (Å²) in [5, 5.41) is 0. The molecule has 0 amide bonds. The largest absolute Gasteiger partial charge is 0.247 e. The standard InChI is InChI=1S/C14H18BrF2NO2S/c1-14(2,3)9-4-5-18(8-9)21(19,20)13-11(15)6-10(16)7-12(13)17/h6-7,9H,4-5,8H2,1-3H3. The minimum Gasteiger partial charge on any atom is -0.207 e. The van der Waals surface area contributed by atoms with Gasteiger partial charge in [-0.1, -0.05) is 20.8 Å². The predicted molar refractivity (Wildman–Crippen MR) is 80.4 cm³/mol. The molecule has 1 unspecified atom stereocenters. The Bertz CT molecular complexity index is 632. The van der Waals surface area contributed by atoms with Crippen molar-refractivity contribution in [3.63, 3.8) is 0 Å². The van der Waals surface area contributed by atoms with Gasteiger partial charge in [0, 0.05) is 23.6 Å². The van der Waals surface area contributed by atoms with Gasteiger partial charge in [0.2, 0.25) is 10.0 Å². The van der Waals surface area contributed by atoms with Crippen LogP contribution in [0.15, 0.2) is 21.5 Å². The van der Waals surface area contributed by atoms with Crippen LogP contribution < -0.4 is 0 Å². The van der Waals surface area contributed by atoms with Crippen molar-refractivity contribution >= 4 is 26.0 Å². The van der Waals surface area contributed by atoms with Gasteiger partial charge in [-0.05, 0) is 39.8 Å². The van der Waals surface area contributed by atoms with Gasteiger partial charge in [0.05, 0.1) is 0 Å².